The summed E-state index contributed by atoms with van der Waals surface area (Å²) in [7, 11) is 0. The van der Waals surface area contributed by atoms with Gasteiger partial charge in [0.2, 0.25) is 0 Å². The molecule has 0 bridgehead atoms. The molecule has 3 nitrogen and oxygen atoms in total. The fourth-order valence-electron chi connectivity index (χ4n) is 3.35. The number of aliphatic imine (C=N–C) groups is 1. The highest BCUT2D eigenvalue weighted by atomic mass is 35.5. The molecule has 4 rings (SSSR count). The molecule has 0 spiro atoms. The van der Waals surface area contributed by atoms with Crippen LogP contribution in [0.25, 0.3) is 5.57 Å². The Bertz CT molecular complexity index is 1070. The average Bonchev–Trinajstić information content (AvgIpc) is 2.73. The molecule has 2 heterocycles. The van der Waals surface area contributed by atoms with Crippen LogP contribution in [0.2, 0.25) is 0 Å². The lowest BCUT2D eigenvalue weighted by molar-refractivity contribution is 0.106. The summed E-state index contributed by atoms with van der Waals surface area (Å²) in [4.78, 5) is 6.44. The molecule has 146 valence electrons. The summed E-state index contributed by atoms with van der Waals surface area (Å²) in [6, 6.07) is 16.5. The minimum Gasteiger partial charge on any atom is -0.376 e. The van der Waals surface area contributed by atoms with Crippen LogP contribution in [0.1, 0.15) is 18.1 Å². The number of amidine groups is 1. The first-order valence-corrected chi connectivity index (χ1v) is 9.79. The van der Waals surface area contributed by atoms with Crippen molar-refractivity contribution in [1.82, 2.24) is 4.90 Å². The van der Waals surface area contributed by atoms with Gasteiger partial charge in [-0.1, -0.05) is 66.7 Å². The first-order valence-electron chi connectivity index (χ1n) is 9.41. The molecule has 2 aliphatic heterocycles. The van der Waals surface area contributed by atoms with Crippen molar-refractivity contribution in [3.63, 3.8) is 0 Å². The van der Waals surface area contributed by atoms with E-state index >= 15 is 0 Å². The predicted octanol–water partition coefficient (Wildman–Crippen LogP) is 5.87. The van der Waals surface area contributed by atoms with Crippen molar-refractivity contribution in [3.05, 3.63) is 106 Å². The number of halogens is 2. The first kappa shape index (κ1) is 19.4. The number of benzene rings is 2. The van der Waals surface area contributed by atoms with Gasteiger partial charge in [-0.2, -0.15) is 0 Å². The smallest absolute Gasteiger partial charge is 0.123 e. The number of allylic oxidation sites excluding steroid dienone is 3. The summed E-state index contributed by atoms with van der Waals surface area (Å²) in [6.07, 6.45) is 5.28. The Labute approximate surface area is 174 Å². The molecule has 0 saturated carbocycles. The van der Waals surface area contributed by atoms with E-state index in [9.17, 15) is 4.39 Å². The van der Waals surface area contributed by atoms with Gasteiger partial charge in [0, 0.05) is 17.7 Å². The van der Waals surface area contributed by atoms with Crippen LogP contribution in [0.5, 0.6) is 0 Å². The second kappa shape index (κ2) is 8.62. The Hall–Kier alpha value is -2.91. The third kappa shape index (κ3) is 4.41. The summed E-state index contributed by atoms with van der Waals surface area (Å²) >= 11 is 6.39. The highest BCUT2D eigenvalue weighted by Gasteiger charge is 2.27. The maximum atomic E-state index is 13.8. The normalized spacial score (nSPS) is 16.4. The number of hydrogen-bond donors (Lipinski definition) is 0. The van der Waals surface area contributed by atoms with Gasteiger partial charge < -0.3 is 4.74 Å². The second-order valence-corrected chi connectivity index (χ2v) is 7.40. The molecule has 0 unspecified atom stereocenters. The van der Waals surface area contributed by atoms with Crippen molar-refractivity contribution in [2.45, 2.75) is 13.5 Å². The number of fused-ring (bicyclic) bond motifs is 1. The van der Waals surface area contributed by atoms with Gasteiger partial charge in [-0.25, -0.2) is 9.38 Å². The molecule has 2 aromatic rings. The van der Waals surface area contributed by atoms with Gasteiger partial charge in [0.25, 0.3) is 0 Å². The monoisotopic (exact) mass is 406 g/mol. The molecular weight excluding hydrogens is 387 g/mol. The molecule has 0 aromatic heterocycles. The van der Waals surface area contributed by atoms with E-state index in [1.54, 1.807) is 12.3 Å². The minimum atomic E-state index is -0.294. The standard InChI is InChI=1S/C24H20ClFN2O/c1-17(15-29-16-18-6-3-2-4-7-18)24-27-11-10-23-22(13-20(25)14-28(23)24)19-8-5-9-21(26)12-19/h2-9,11-14,17H,15-16H2,1H3/t17-/m1/s1. The van der Waals surface area contributed by atoms with Gasteiger partial charge in [-0.15, -0.1) is 0 Å². The summed E-state index contributed by atoms with van der Waals surface area (Å²) in [5.74, 6) is 0.546. The lowest BCUT2D eigenvalue weighted by Crippen LogP contribution is -2.35. The van der Waals surface area contributed by atoms with Crippen LogP contribution >= 0.6 is 11.6 Å². The molecule has 0 N–H and O–H groups in total. The number of ether oxygens (including phenoxy) is 1. The van der Waals surface area contributed by atoms with E-state index in [2.05, 4.69) is 17.6 Å². The Morgan fingerprint density at radius 3 is 2.79 bits per heavy atom. The van der Waals surface area contributed by atoms with Crippen molar-refractivity contribution in [3.8, 4) is 0 Å². The van der Waals surface area contributed by atoms with Crippen molar-refractivity contribution < 1.29 is 9.13 Å². The topological polar surface area (TPSA) is 24.8 Å². The van der Waals surface area contributed by atoms with Crippen LogP contribution in [0.4, 0.5) is 4.39 Å². The Kier molecular flexibility index (Phi) is 5.77. The van der Waals surface area contributed by atoms with E-state index in [0.717, 1.165) is 28.2 Å². The van der Waals surface area contributed by atoms with Crippen LogP contribution < -0.4 is 0 Å². The molecule has 1 atom stereocenters. The van der Waals surface area contributed by atoms with Gasteiger partial charge in [-0.3, -0.25) is 4.90 Å². The molecule has 0 aliphatic carbocycles. The molecule has 5 heteroatoms. The summed E-state index contributed by atoms with van der Waals surface area (Å²) < 4.78 is 19.7. The molecule has 29 heavy (non-hydrogen) atoms. The maximum absolute atomic E-state index is 13.8. The largest absolute Gasteiger partial charge is 0.376 e. The maximum Gasteiger partial charge on any atom is 0.123 e. The molecule has 2 aliphatic rings. The van der Waals surface area contributed by atoms with Crippen molar-refractivity contribution in [1.29, 1.82) is 0 Å². The number of rotatable bonds is 6. The van der Waals surface area contributed by atoms with Gasteiger partial charge in [0.05, 0.1) is 30.1 Å². The SMILES string of the molecule is C[C@H](COCc1ccccc1)C1=NC=C=C2C(c3cccc(F)c3)=CC(Cl)=CN21. The summed E-state index contributed by atoms with van der Waals surface area (Å²) in [5, 5.41) is 0.543. The van der Waals surface area contributed by atoms with Crippen molar-refractivity contribution in [2.24, 2.45) is 10.9 Å². The average molecular weight is 407 g/mol. The van der Waals surface area contributed by atoms with Crippen LogP contribution in [-0.2, 0) is 11.3 Å². The molecule has 2 aromatic carbocycles. The molecule has 0 fully saturated rings. The third-order valence-electron chi connectivity index (χ3n) is 4.73. The highest BCUT2D eigenvalue weighted by Crippen LogP contribution is 2.35. The van der Waals surface area contributed by atoms with Gasteiger partial charge >= 0.3 is 0 Å². The van der Waals surface area contributed by atoms with Crippen LogP contribution in [0, 0.1) is 11.7 Å². The molecule has 0 amide bonds. The van der Waals surface area contributed by atoms with E-state index in [-0.39, 0.29) is 11.7 Å². The Balaban J connectivity index is 1.51. The van der Waals surface area contributed by atoms with Gasteiger partial charge in [0.15, 0.2) is 0 Å². The quantitative estimate of drug-likeness (QED) is 0.561. The Morgan fingerprint density at radius 2 is 2.00 bits per heavy atom. The van der Waals surface area contributed by atoms with E-state index < -0.39 is 0 Å². The van der Waals surface area contributed by atoms with E-state index in [1.807, 2.05) is 53.6 Å². The Morgan fingerprint density at radius 1 is 1.17 bits per heavy atom. The predicted molar refractivity (Wildman–Crippen MR) is 114 cm³/mol. The number of nitrogens with zero attached hydrogens (tertiary/aromatic N) is 2. The zero-order valence-electron chi connectivity index (χ0n) is 16.0. The van der Waals surface area contributed by atoms with Gasteiger partial charge in [-0.05, 0) is 29.3 Å². The third-order valence-corrected chi connectivity index (χ3v) is 4.94. The lowest BCUT2D eigenvalue weighted by atomic mass is 9.97. The summed E-state index contributed by atoms with van der Waals surface area (Å²) in [5.41, 5.74) is 6.64. The second-order valence-electron chi connectivity index (χ2n) is 6.96. The fourth-order valence-corrected chi connectivity index (χ4v) is 3.56. The first-order chi connectivity index (χ1) is 14.1. The number of hydrogen-bond acceptors (Lipinski definition) is 3. The highest BCUT2D eigenvalue weighted by molar-refractivity contribution is 6.32. The van der Waals surface area contributed by atoms with E-state index in [0.29, 0.717) is 18.2 Å². The zero-order valence-corrected chi connectivity index (χ0v) is 16.7. The van der Waals surface area contributed by atoms with E-state index in [4.69, 9.17) is 16.3 Å². The fraction of sp³-hybridized carbons (Fsp3) is 0.167. The van der Waals surface area contributed by atoms with Crippen molar-refractivity contribution >= 4 is 23.0 Å². The van der Waals surface area contributed by atoms with Gasteiger partial charge in [0.1, 0.15) is 11.7 Å². The lowest BCUT2D eigenvalue weighted by Gasteiger charge is -2.32. The minimum absolute atomic E-state index is 0.0274. The molecule has 0 saturated heterocycles. The molecule has 0 radical (unpaired) electrons. The molecular formula is C24H20ClFN2O. The van der Waals surface area contributed by atoms with E-state index in [1.165, 1.54) is 12.1 Å². The van der Waals surface area contributed by atoms with Crippen LogP contribution in [-0.4, -0.2) is 17.3 Å². The summed E-state index contributed by atoms with van der Waals surface area (Å²) in [6.45, 7) is 3.11. The van der Waals surface area contributed by atoms with Crippen LogP contribution in [0.3, 0.4) is 0 Å². The zero-order chi connectivity index (χ0) is 20.2. The van der Waals surface area contributed by atoms with Crippen molar-refractivity contribution in [2.75, 3.05) is 6.61 Å². The van der Waals surface area contributed by atoms with Crippen LogP contribution in [0.15, 0.2) is 94.5 Å².